The number of nitrogens with one attached hydrogen (secondary N) is 1. The largest absolute Gasteiger partial charge is 0.311 e. The molecule has 0 aliphatic rings. The summed E-state index contributed by atoms with van der Waals surface area (Å²) in [5, 5.41) is 12.4. The summed E-state index contributed by atoms with van der Waals surface area (Å²) in [4.78, 5) is 1.19. The summed E-state index contributed by atoms with van der Waals surface area (Å²) in [5.41, 5.74) is 1.27. The van der Waals surface area contributed by atoms with Crippen molar-refractivity contribution in [1.29, 1.82) is 0 Å². The van der Waals surface area contributed by atoms with E-state index in [-0.39, 0.29) is 0 Å². The minimum Gasteiger partial charge on any atom is -0.311 e. The van der Waals surface area contributed by atoms with Crippen LogP contribution in [0, 0.1) is 0 Å². The molecular weight excluding hydrogens is 324 g/mol. The molecule has 102 valence electrons. The van der Waals surface area contributed by atoms with Gasteiger partial charge in [0.25, 0.3) is 0 Å². The molecule has 4 nitrogen and oxygen atoms in total. The summed E-state index contributed by atoms with van der Waals surface area (Å²) in [6, 6.07) is 6.80. The molecule has 0 unspecified atom stereocenters. The number of hydrogen-bond donors (Lipinski definition) is 1. The van der Waals surface area contributed by atoms with Crippen molar-refractivity contribution in [2.75, 3.05) is 0 Å². The van der Waals surface area contributed by atoms with E-state index in [4.69, 9.17) is 0 Å². The third-order valence-corrected chi connectivity index (χ3v) is 4.25. The molecule has 0 aliphatic carbocycles. The number of aryl methyl sites for hydroxylation is 1. The first-order valence-electron chi connectivity index (χ1n) is 6.10. The fourth-order valence-corrected chi connectivity index (χ4v) is 2.99. The molecule has 0 spiro atoms. The highest BCUT2D eigenvalue weighted by Crippen LogP contribution is 2.31. The van der Waals surface area contributed by atoms with Gasteiger partial charge in [0.05, 0.1) is 0 Å². The van der Waals surface area contributed by atoms with Gasteiger partial charge in [0.2, 0.25) is 0 Å². The Morgan fingerprint density at radius 3 is 2.84 bits per heavy atom. The van der Waals surface area contributed by atoms with Crippen molar-refractivity contribution in [3.8, 4) is 0 Å². The molecule has 2 rings (SSSR count). The van der Waals surface area contributed by atoms with Crippen LogP contribution in [0.4, 0.5) is 0 Å². The van der Waals surface area contributed by atoms with Crippen LogP contribution in [0.15, 0.2) is 39.1 Å². The Morgan fingerprint density at radius 2 is 2.21 bits per heavy atom. The highest BCUT2D eigenvalue weighted by Gasteiger charge is 2.09. The topological polar surface area (TPSA) is 42.7 Å². The molecule has 0 atom stereocenters. The third kappa shape index (κ3) is 4.06. The molecule has 0 saturated heterocycles. The fourth-order valence-electron chi connectivity index (χ4n) is 1.55. The maximum atomic E-state index is 4.12. The summed E-state index contributed by atoms with van der Waals surface area (Å²) in [7, 11) is 1.95. The average Bonchev–Trinajstić information content (AvgIpc) is 2.74. The number of aromatic nitrogens is 3. The Hall–Kier alpha value is -0.850. The van der Waals surface area contributed by atoms with Crippen LogP contribution < -0.4 is 5.32 Å². The summed E-state index contributed by atoms with van der Waals surface area (Å²) in [6.45, 7) is 5.15. The molecule has 19 heavy (non-hydrogen) atoms. The SMILES string of the molecule is CC(C)NCc1ccc(Br)cc1Sc1nncn1C. The molecular formula is C13H17BrN4S. The lowest BCUT2D eigenvalue weighted by Crippen LogP contribution is -2.22. The average molecular weight is 341 g/mol. The van der Waals surface area contributed by atoms with Gasteiger partial charge in [0, 0.05) is 29.0 Å². The quantitative estimate of drug-likeness (QED) is 0.907. The first kappa shape index (κ1) is 14.6. The van der Waals surface area contributed by atoms with Crippen molar-refractivity contribution in [3.05, 3.63) is 34.6 Å². The van der Waals surface area contributed by atoms with Crippen LogP contribution in [0.2, 0.25) is 0 Å². The normalized spacial score (nSPS) is 11.2. The molecule has 0 saturated carbocycles. The van der Waals surface area contributed by atoms with E-state index < -0.39 is 0 Å². The third-order valence-electron chi connectivity index (χ3n) is 2.60. The van der Waals surface area contributed by atoms with Crippen LogP contribution in [0.3, 0.4) is 0 Å². The second-order valence-corrected chi connectivity index (χ2v) is 6.54. The smallest absolute Gasteiger partial charge is 0.195 e. The van der Waals surface area contributed by atoms with Crippen LogP contribution in [-0.4, -0.2) is 20.8 Å². The first-order valence-corrected chi connectivity index (χ1v) is 7.71. The summed E-state index contributed by atoms with van der Waals surface area (Å²) < 4.78 is 3.00. The molecule has 1 heterocycles. The maximum Gasteiger partial charge on any atom is 0.195 e. The number of halogens is 1. The summed E-state index contributed by atoms with van der Waals surface area (Å²) >= 11 is 5.16. The van der Waals surface area contributed by atoms with Gasteiger partial charge < -0.3 is 9.88 Å². The van der Waals surface area contributed by atoms with Gasteiger partial charge >= 0.3 is 0 Å². The number of nitrogens with zero attached hydrogens (tertiary/aromatic N) is 3. The second-order valence-electron chi connectivity index (χ2n) is 4.61. The van der Waals surface area contributed by atoms with Gasteiger partial charge in [-0.1, -0.05) is 35.8 Å². The lowest BCUT2D eigenvalue weighted by atomic mass is 10.2. The molecule has 6 heteroatoms. The van der Waals surface area contributed by atoms with Gasteiger partial charge in [0.1, 0.15) is 6.33 Å². The van der Waals surface area contributed by atoms with Gasteiger partial charge in [-0.2, -0.15) is 0 Å². The summed E-state index contributed by atoms with van der Waals surface area (Å²) in [5.74, 6) is 0. The molecule has 1 N–H and O–H groups in total. The van der Waals surface area contributed by atoms with Crippen molar-refractivity contribution < 1.29 is 0 Å². The van der Waals surface area contributed by atoms with Crippen molar-refractivity contribution in [3.63, 3.8) is 0 Å². The highest BCUT2D eigenvalue weighted by molar-refractivity contribution is 9.10. The Morgan fingerprint density at radius 1 is 1.42 bits per heavy atom. The van der Waals surface area contributed by atoms with Crippen LogP contribution >= 0.6 is 27.7 Å². The predicted molar refractivity (Wildman–Crippen MR) is 81.2 cm³/mol. The van der Waals surface area contributed by atoms with E-state index in [1.807, 2.05) is 11.6 Å². The predicted octanol–water partition coefficient (Wildman–Crippen LogP) is 3.23. The Balaban J connectivity index is 2.22. The van der Waals surface area contributed by atoms with Crippen LogP contribution in [0.25, 0.3) is 0 Å². The van der Waals surface area contributed by atoms with E-state index in [0.29, 0.717) is 6.04 Å². The highest BCUT2D eigenvalue weighted by atomic mass is 79.9. The second kappa shape index (κ2) is 6.54. The molecule has 0 fully saturated rings. The Bertz CT molecular complexity index is 553. The van der Waals surface area contributed by atoms with E-state index in [0.717, 1.165) is 16.2 Å². The molecule has 2 aromatic rings. The lowest BCUT2D eigenvalue weighted by molar-refractivity contribution is 0.584. The van der Waals surface area contributed by atoms with E-state index >= 15 is 0 Å². The zero-order valence-corrected chi connectivity index (χ0v) is 13.6. The van der Waals surface area contributed by atoms with E-state index in [1.165, 1.54) is 10.5 Å². The number of benzene rings is 1. The standard InChI is InChI=1S/C13H17BrN4S/c1-9(2)15-7-10-4-5-11(14)6-12(10)19-13-17-16-8-18(13)3/h4-6,8-9,15H,7H2,1-3H3. The number of hydrogen-bond acceptors (Lipinski definition) is 4. The molecule has 0 amide bonds. The van der Waals surface area contributed by atoms with Crippen molar-refractivity contribution in [1.82, 2.24) is 20.1 Å². The van der Waals surface area contributed by atoms with Crippen LogP contribution in [0.1, 0.15) is 19.4 Å². The monoisotopic (exact) mass is 340 g/mol. The Labute approximate surface area is 126 Å². The minimum absolute atomic E-state index is 0.469. The number of rotatable bonds is 5. The zero-order chi connectivity index (χ0) is 13.8. The maximum absolute atomic E-state index is 4.12. The molecule has 0 bridgehead atoms. The summed E-state index contributed by atoms with van der Waals surface area (Å²) in [6.07, 6.45) is 1.71. The molecule has 1 aromatic carbocycles. The van der Waals surface area contributed by atoms with Crippen molar-refractivity contribution in [2.45, 2.75) is 36.5 Å². The van der Waals surface area contributed by atoms with Crippen LogP contribution in [0.5, 0.6) is 0 Å². The van der Waals surface area contributed by atoms with Gasteiger partial charge in [-0.15, -0.1) is 10.2 Å². The first-order chi connectivity index (χ1) is 9.06. The van der Waals surface area contributed by atoms with Gasteiger partial charge in [-0.3, -0.25) is 0 Å². The van der Waals surface area contributed by atoms with Gasteiger partial charge in [0.15, 0.2) is 5.16 Å². The fraction of sp³-hybridized carbons (Fsp3) is 0.385. The molecule has 1 aromatic heterocycles. The van der Waals surface area contributed by atoms with E-state index in [1.54, 1.807) is 18.1 Å². The Kier molecular flexibility index (Phi) is 5.01. The van der Waals surface area contributed by atoms with Gasteiger partial charge in [-0.05, 0) is 29.5 Å². The van der Waals surface area contributed by atoms with Crippen LogP contribution in [-0.2, 0) is 13.6 Å². The molecule has 0 radical (unpaired) electrons. The lowest BCUT2D eigenvalue weighted by Gasteiger charge is -2.12. The van der Waals surface area contributed by atoms with Crippen molar-refractivity contribution >= 4 is 27.7 Å². The van der Waals surface area contributed by atoms with E-state index in [2.05, 4.69) is 63.5 Å². The zero-order valence-electron chi connectivity index (χ0n) is 11.2. The minimum atomic E-state index is 0.469. The molecule has 0 aliphatic heterocycles. The van der Waals surface area contributed by atoms with Crippen molar-refractivity contribution in [2.24, 2.45) is 7.05 Å². The van der Waals surface area contributed by atoms with Gasteiger partial charge in [-0.25, -0.2) is 0 Å². The van der Waals surface area contributed by atoms with E-state index in [9.17, 15) is 0 Å².